The van der Waals surface area contributed by atoms with Crippen molar-refractivity contribution in [2.45, 2.75) is 45.4 Å². The predicted octanol–water partition coefficient (Wildman–Crippen LogP) is 3.90. The van der Waals surface area contributed by atoms with E-state index in [0.717, 1.165) is 30.7 Å². The molecule has 0 atom stereocenters. The number of hydrazine groups is 1. The number of hydrogen-bond donors (Lipinski definition) is 3. The Morgan fingerprint density at radius 3 is 2.44 bits per heavy atom. The van der Waals surface area contributed by atoms with Gasteiger partial charge in [0.25, 0.3) is 0 Å². The van der Waals surface area contributed by atoms with Gasteiger partial charge in [0.2, 0.25) is 11.8 Å². The van der Waals surface area contributed by atoms with Crippen molar-refractivity contribution >= 4 is 23.2 Å². The standard InChI is InChI=1S/C21H30N4O2/c1-3-5-12-17(4-2)25(23)21(27)16-9-7-6-8-15-20(26)24-19-14-11-10-13-18(19)22/h3-5,10-14H,2,6-9,15-16,22-23H2,1H3,(H,24,26)/b5-3-,17-12+. The number of carbonyl (C=O) groups excluding carboxylic acids is 2. The third-order valence-corrected chi connectivity index (χ3v) is 3.99. The number of nitrogen functional groups attached to an aromatic ring is 1. The predicted molar refractivity (Wildman–Crippen MR) is 111 cm³/mol. The van der Waals surface area contributed by atoms with Crippen LogP contribution in [0.2, 0.25) is 0 Å². The molecule has 5 N–H and O–H groups in total. The molecule has 0 spiro atoms. The Morgan fingerprint density at radius 1 is 1.15 bits per heavy atom. The Labute approximate surface area is 161 Å². The van der Waals surface area contributed by atoms with Crippen LogP contribution in [0.1, 0.15) is 45.4 Å². The second kappa shape index (κ2) is 12.5. The number of carbonyl (C=O) groups is 2. The zero-order valence-electron chi connectivity index (χ0n) is 16.0. The molecular weight excluding hydrogens is 340 g/mol. The molecule has 1 aromatic rings. The van der Waals surface area contributed by atoms with Gasteiger partial charge in [-0.25, -0.2) is 10.9 Å². The molecule has 0 unspecified atom stereocenters. The summed E-state index contributed by atoms with van der Waals surface area (Å²) in [6, 6.07) is 7.18. The van der Waals surface area contributed by atoms with Gasteiger partial charge in [-0.1, -0.05) is 43.7 Å². The van der Waals surface area contributed by atoms with Crippen LogP contribution in [-0.4, -0.2) is 16.8 Å². The van der Waals surface area contributed by atoms with Crippen LogP contribution in [0.5, 0.6) is 0 Å². The number of unbranched alkanes of at least 4 members (excludes halogenated alkanes) is 3. The lowest BCUT2D eigenvalue weighted by atomic mass is 10.1. The van der Waals surface area contributed by atoms with Crippen LogP contribution in [0, 0.1) is 0 Å². The van der Waals surface area contributed by atoms with Crippen LogP contribution in [0.4, 0.5) is 11.4 Å². The summed E-state index contributed by atoms with van der Waals surface area (Å²) in [5.41, 5.74) is 7.56. The molecule has 0 saturated carbocycles. The second-order valence-corrected chi connectivity index (χ2v) is 6.13. The van der Waals surface area contributed by atoms with E-state index in [0.29, 0.717) is 29.9 Å². The van der Waals surface area contributed by atoms with Gasteiger partial charge >= 0.3 is 0 Å². The molecular formula is C21H30N4O2. The van der Waals surface area contributed by atoms with Gasteiger partial charge in [0.05, 0.1) is 17.1 Å². The molecule has 0 radical (unpaired) electrons. The van der Waals surface area contributed by atoms with E-state index in [1.54, 1.807) is 30.4 Å². The van der Waals surface area contributed by atoms with E-state index >= 15 is 0 Å². The Bertz CT molecular complexity index is 695. The van der Waals surface area contributed by atoms with E-state index in [9.17, 15) is 9.59 Å². The summed E-state index contributed by atoms with van der Waals surface area (Å²) in [5.74, 6) is 5.62. The number of nitrogens with zero attached hydrogens (tertiary/aromatic N) is 1. The first-order valence-electron chi connectivity index (χ1n) is 9.17. The summed E-state index contributed by atoms with van der Waals surface area (Å²) in [5, 5.41) is 3.94. The van der Waals surface area contributed by atoms with Crippen LogP contribution >= 0.6 is 0 Å². The maximum Gasteiger partial charge on any atom is 0.241 e. The molecule has 1 rings (SSSR count). The number of para-hydroxylation sites is 2. The lowest BCUT2D eigenvalue weighted by Gasteiger charge is -2.17. The average molecular weight is 370 g/mol. The molecule has 0 bridgehead atoms. The fourth-order valence-corrected chi connectivity index (χ4v) is 2.44. The lowest BCUT2D eigenvalue weighted by molar-refractivity contribution is -0.129. The molecule has 0 aromatic heterocycles. The number of anilines is 2. The van der Waals surface area contributed by atoms with Crippen LogP contribution in [0.15, 0.2) is 60.8 Å². The molecule has 27 heavy (non-hydrogen) atoms. The van der Waals surface area contributed by atoms with Gasteiger partial charge < -0.3 is 11.1 Å². The maximum absolute atomic E-state index is 12.1. The van der Waals surface area contributed by atoms with Crippen molar-refractivity contribution in [2.24, 2.45) is 5.84 Å². The maximum atomic E-state index is 12.1. The minimum absolute atomic E-state index is 0.0538. The monoisotopic (exact) mass is 370 g/mol. The Hall–Kier alpha value is -2.86. The molecule has 0 aliphatic carbocycles. The summed E-state index contributed by atoms with van der Waals surface area (Å²) < 4.78 is 0. The minimum Gasteiger partial charge on any atom is -0.397 e. The molecule has 2 amide bonds. The number of nitrogens with two attached hydrogens (primary N) is 2. The zero-order valence-corrected chi connectivity index (χ0v) is 16.0. The molecule has 0 aliphatic heterocycles. The molecule has 0 heterocycles. The highest BCUT2D eigenvalue weighted by atomic mass is 16.2. The number of nitrogens with one attached hydrogen (secondary N) is 1. The number of allylic oxidation sites excluding steroid dienone is 4. The van der Waals surface area contributed by atoms with E-state index in [1.807, 2.05) is 25.1 Å². The first-order chi connectivity index (χ1) is 13.0. The van der Waals surface area contributed by atoms with Crippen LogP contribution in [-0.2, 0) is 9.59 Å². The first-order valence-corrected chi connectivity index (χ1v) is 9.17. The Morgan fingerprint density at radius 2 is 1.81 bits per heavy atom. The van der Waals surface area contributed by atoms with E-state index in [1.165, 1.54) is 0 Å². The highest BCUT2D eigenvalue weighted by molar-refractivity contribution is 5.93. The van der Waals surface area contributed by atoms with E-state index in [2.05, 4.69) is 11.9 Å². The largest absolute Gasteiger partial charge is 0.397 e. The molecule has 1 aromatic carbocycles. The van der Waals surface area contributed by atoms with Crippen LogP contribution in [0.3, 0.4) is 0 Å². The van der Waals surface area contributed by atoms with E-state index in [-0.39, 0.29) is 11.8 Å². The fraction of sp³-hybridized carbons (Fsp3) is 0.333. The number of benzene rings is 1. The van der Waals surface area contributed by atoms with Crippen molar-refractivity contribution in [3.05, 3.63) is 60.8 Å². The van der Waals surface area contributed by atoms with Crippen molar-refractivity contribution < 1.29 is 9.59 Å². The molecule has 146 valence electrons. The second-order valence-electron chi connectivity index (χ2n) is 6.13. The highest BCUT2D eigenvalue weighted by Crippen LogP contribution is 2.17. The summed E-state index contributed by atoms with van der Waals surface area (Å²) >= 11 is 0. The summed E-state index contributed by atoms with van der Waals surface area (Å²) in [4.78, 5) is 24.0. The van der Waals surface area contributed by atoms with Gasteiger partial charge in [-0.15, -0.1) is 0 Å². The average Bonchev–Trinajstić information content (AvgIpc) is 2.66. The van der Waals surface area contributed by atoms with Gasteiger partial charge in [-0.2, -0.15) is 0 Å². The van der Waals surface area contributed by atoms with Crippen molar-refractivity contribution in [3.8, 4) is 0 Å². The molecule has 0 fully saturated rings. The van der Waals surface area contributed by atoms with Gasteiger partial charge in [0, 0.05) is 12.8 Å². The Balaban J connectivity index is 2.23. The smallest absolute Gasteiger partial charge is 0.241 e. The minimum atomic E-state index is -0.150. The van der Waals surface area contributed by atoms with Crippen molar-refractivity contribution in [3.63, 3.8) is 0 Å². The first kappa shape index (κ1) is 22.2. The van der Waals surface area contributed by atoms with Gasteiger partial charge in [0.1, 0.15) is 0 Å². The number of rotatable bonds is 11. The third kappa shape index (κ3) is 8.37. The SMILES string of the molecule is C=C/C(=C\C=C/C)N(N)C(=O)CCCCCCC(=O)Nc1ccccc1N. The molecule has 0 aliphatic rings. The normalized spacial score (nSPS) is 11.4. The van der Waals surface area contributed by atoms with Crippen molar-refractivity contribution in [1.82, 2.24) is 5.01 Å². The van der Waals surface area contributed by atoms with Gasteiger partial charge in [-0.3, -0.25) is 9.59 Å². The quantitative estimate of drug-likeness (QED) is 0.137. The van der Waals surface area contributed by atoms with Crippen LogP contribution < -0.4 is 16.9 Å². The lowest BCUT2D eigenvalue weighted by Crippen LogP contribution is -2.35. The van der Waals surface area contributed by atoms with Gasteiger partial charge in [0.15, 0.2) is 0 Å². The van der Waals surface area contributed by atoms with Crippen LogP contribution in [0.25, 0.3) is 0 Å². The fourth-order valence-electron chi connectivity index (χ4n) is 2.44. The molecule has 6 heteroatoms. The van der Waals surface area contributed by atoms with E-state index in [4.69, 9.17) is 11.6 Å². The molecule has 6 nitrogen and oxygen atoms in total. The van der Waals surface area contributed by atoms with Crippen molar-refractivity contribution in [1.29, 1.82) is 0 Å². The summed E-state index contributed by atoms with van der Waals surface area (Å²) in [6.45, 7) is 5.55. The zero-order chi connectivity index (χ0) is 20.1. The number of hydrogen-bond acceptors (Lipinski definition) is 4. The van der Waals surface area contributed by atoms with Crippen molar-refractivity contribution in [2.75, 3.05) is 11.1 Å². The topological polar surface area (TPSA) is 101 Å². The number of amides is 2. The highest BCUT2D eigenvalue weighted by Gasteiger charge is 2.11. The summed E-state index contributed by atoms with van der Waals surface area (Å²) in [6.07, 6.45) is 11.0. The third-order valence-electron chi connectivity index (χ3n) is 3.99. The summed E-state index contributed by atoms with van der Waals surface area (Å²) in [7, 11) is 0. The van der Waals surface area contributed by atoms with E-state index < -0.39 is 0 Å². The van der Waals surface area contributed by atoms with Gasteiger partial charge in [-0.05, 0) is 44.1 Å². The molecule has 0 saturated heterocycles. The Kier molecular flexibility index (Phi) is 10.3.